The van der Waals surface area contributed by atoms with Gasteiger partial charge >= 0.3 is 0 Å². The van der Waals surface area contributed by atoms with Crippen LogP contribution in [0.25, 0.3) is 0 Å². The van der Waals surface area contributed by atoms with Gasteiger partial charge in [0.2, 0.25) is 0 Å². The van der Waals surface area contributed by atoms with Crippen molar-refractivity contribution in [1.82, 2.24) is 4.90 Å². The first-order chi connectivity index (χ1) is 9.00. The molecule has 1 saturated heterocycles. The molecular weight excluding hydrogens is 260 g/mol. The van der Waals surface area contributed by atoms with Crippen molar-refractivity contribution < 1.29 is 9.53 Å². The Morgan fingerprint density at radius 1 is 1.37 bits per heavy atom. The average Bonchev–Trinajstić information content (AvgIpc) is 2.87. The molecule has 5 heteroatoms. The molecule has 0 saturated carbocycles. The zero-order valence-electron chi connectivity index (χ0n) is 11.5. The van der Waals surface area contributed by atoms with E-state index in [2.05, 4.69) is 13.8 Å². The lowest BCUT2D eigenvalue weighted by Crippen LogP contribution is -2.41. The zero-order chi connectivity index (χ0) is 13.6. The number of fused-ring (bicyclic) bond motifs is 1. The summed E-state index contributed by atoms with van der Waals surface area (Å²) in [4.78, 5) is 15.9. The Kier molecular flexibility index (Phi) is 3.06. The highest BCUT2D eigenvalue weighted by Crippen LogP contribution is 2.47. The number of ether oxygens (including phenoxy) is 1. The van der Waals surface area contributed by atoms with E-state index < -0.39 is 0 Å². The molecule has 2 aliphatic rings. The van der Waals surface area contributed by atoms with E-state index in [1.54, 1.807) is 11.3 Å². The molecule has 19 heavy (non-hydrogen) atoms. The fourth-order valence-electron chi connectivity index (χ4n) is 3.08. The van der Waals surface area contributed by atoms with Gasteiger partial charge in [0.05, 0.1) is 23.8 Å². The Labute approximate surface area is 117 Å². The van der Waals surface area contributed by atoms with E-state index in [0.717, 1.165) is 18.4 Å². The van der Waals surface area contributed by atoms with Crippen molar-refractivity contribution in [2.75, 3.05) is 32.0 Å². The maximum atomic E-state index is 12.7. The highest BCUT2D eigenvalue weighted by molar-refractivity contribution is 7.16. The fraction of sp³-hybridized carbons (Fsp3) is 0.643. The number of aryl methyl sites for hydroxylation is 1. The standard InChI is InChI=1S/C14H20N2O2S/c1-14(2)4-3-9-11(14)10(12(15)19-9)13(17)16-5-7-18-8-6-16/h3-8,15H2,1-2H3. The summed E-state index contributed by atoms with van der Waals surface area (Å²) in [6, 6.07) is 0. The molecule has 1 fully saturated rings. The summed E-state index contributed by atoms with van der Waals surface area (Å²) in [6.45, 7) is 7.01. The van der Waals surface area contributed by atoms with E-state index in [0.29, 0.717) is 31.3 Å². The monoisotopic (exact) mass is 280 g/mol. The van der Waals surface area contributed by atoms with Crippen molar-refractivity contribution in [3.8, 4) is 0 Å². The number of nitrogens with two attached hydrogens (primary N) is 1. The molecule has 2 heterocycles. The van der Waals surface area contributed by atoms with Gasteiger partial charge in [0.1, 0.15) is 0 Å². The lowest BCUT2D eigenvalue weighted by Gasteiger charge is -2.28. The number of carbonyl (C=O) groups is 1. The molecule has 1 aromatic heterocycles. The Morgan fingerprint density at radius 3 is 2.74 bits per heavy atom. The smallest absolute Gasteiger partial charge is 0.257 e. The van der Waals surface area contributed by atoms with Crippen molar-refractivity contribution in [3.63, 3.8) is 0 Å². The maximum absolute atomic E-state index is 12.7. The van der Waals surface area contributed by atoms with Crippen LogP contribution in [0.15, 0.2) is 0 Å². The highest BCUT2D eigenvalue weighted by atomic mass is 32.1. The molecule has 0 spiro atoms. The summed E-state index contributed by atoms with van der Waals surface area (Å²) in [5.74, 6) is 0.0910. The molecule has 1 aliphatic carbocycles. The molecule has 104 valence electrons. The maximum Gasteiger partial charge on any atom is 0.257 e. The van der Waals surface area contributed by atoms with E-state index >= 15 is 0 Å². The molecule has 4 nitrogen and oxygen atoms in total. The number of thiophene rings is 1. The number of nitrogen functional groups attached to an aromatic ring is 1. The zero-order valence-corrected chi connectivity index (χ0v) is 12.3. The van der Waals surface area contributed by atoms with Crippen molar-refractivity contribution in [1.29, 1.82) is 0 Å². The summed E-state index contributed by atoms with van der Waals surface area (Å²) in [5.41, 5.74) is 8.16. The Morgan fingerprint density at radius 2 is 2.05 bits per heavy atom. The first kappa shape index (κ1) is 12.9. The molecule has 1 amide bonds. The Balaban J connectivity index is 1.99. The van der Waals surface area contributed by atoms with Crippen LogP contribution in [0.5, 0.6) is 0 Å². The van der Waals surface area contributed by atoms with E-state index in [9.17, 15) is 4.79 Å². The minimum absolute atomic E-state index is 0.0702. The second kappa shape index (κ2) is 4.49. The highest BCUT2D eigenvalue weighted by Gasteiger charge is 2.38. The number of morpholine rings is 1. The first-order valence-corrected chi connectivity index (χ1v) is 7.61. The van der Waals surface area contributed by atoms with Crippen LogP contribution in [0.3, 0.4) is 0 Å². The average molecular weight is 280 g/mol. The number of hydrogen-bond acceptors (Lipinski definition) is 4. The number of hydrogen-bond donors (Lipinski definition) is 1. The van der Waals surface area contributed by atoms with Gasteiger partial charge in [0.25, 0.3) is 5.91 Å². The summed E-state index contributed by atoms with van der Waals surface area (Å²) in [6.07, 6.45) is 2.16. The second-order valence-corrected chi connectivity index (χ2v) is 7.06. The van der Waals surface area contributed by atoms with Gasteiger partial charge in [-0.3, -0.25) is 4.79 Å². The first-order valence-electron chi connectivity index (χ1n) is 6.79. The SMILES string of the molecule is CC1(C)CCc2sc(N)c(C(=O)N3CCOCC3)c21. The van der Waals surface area contributed by atoms with Crippen LogP contribution in [0.1, 0.15) is 41.1 Å². The molecule has 0 bridgehead atoms. The topological polar surface area (TPSA) is 55.6 Å². The van der Waals surface area contributed by atoms with Crippen molar-refractivity contribution >= 4 is 22.2 Å². The van der Waals surface area contributed by atoms with E-state index in [4.69, 9.17) is 10.5 Å². The fourth-order valence-corrected chi connectivity index (χ4v) is 4.32. The third-order valence-electron chi connectivity index (χ3n) is 4.17. The predicted molar refractivity (Wildman–Crippen MR) is 76.8 cm³/mol. The largest absolute Gasteiger partial charge is 0.390 e. The number of anilines is 1. The van der Waals surface area contributed by atoms with E-state index in [1.165, 1.54) is 10.4 Å². The molecule has 2 N–H and O–H groups in total. The number of rotatable bonds is 1. The van der Waals surface area contributed by atoms with Gasteiger partial charge in [-0.15, -0.1) is 11.3 Å². The van der Waals surface area contributed by atoms with E-state index in [-0.39, 0.29) is 11.3 Å². The van der Waals surface area contributed by atoms with Gasteiger partial charge < -0.3 is 15.4 Å². The Hall–Kier alpha value is -1.07. The minimum atomic E-state index is 0.0702. The van der Waals surface area contributed by atoms with Gasteiger partial charge in [-0.25, -0.2) is 0 Å². The lowest BCUT2D eigenvalue weighted by atomic mass is 9.85. The third kappa shape index (κ3) is 2.05. The van der Waals surface area contributed by atoms with Gasteiger partial charge in [-0.05, 0) is 23.8 Å². The molecule has 0 aromatic carbocycles. The molecule has 1 aliphatic heterocycles. The van der Waals surface area contributed by atoms with Crippen LogP contribution < -0.4 is 5.73 Å². The molecule has 0 atom stereocenters. The van der Waals surface area contributed by atoms with Crippen molar-refractivity contribution in [2.45, 2.75) is 32.1 Å². The summed E-state index contributed by atoms with van der Waals surface area (Å²) in [5, 5.41) is 0.689. The van der Waals surface area contributed by atoms with Crippen LogP contribution in [0, 0.1) is 0 Å². The van der Waals surface area contributed by atoms with Crippen LogP contribution in [0.2, 0.25) is 0 Å². The van der Waals surface area contributed by atoms with Gasteiger partial charge in [0.15, 0.2) is 0 Å². The van der Waals surface area contributed by atoms with Gasteiger partial charge in [-0.1, -0.05) is 13.8 Å². The normalized spacial score (nSPS) is 21.5. The van der Waals surface area contributed by atoms with Gasteiger partial charge in [-0.2, -0.15) is 0 Å². The number of amides is 1. The third-order valence-corrected chi connectivity index (χ3v) is 5.25. The van der Waals surface area contributed by atoms with Crippen molar-refractivity contribution in [3.05, 3.63) is 16.0 Å². The number of nitrogens with zero attached hydrogens (tertiary/aromatic N) is 1. The summed E-state index contributed by atoms with van der Waals surface area (Å²) < 4.78 is 5.31. The molecule has 0 radical (unpaired) electrons. The minimum Gasteiger partial charge on any atom is -0.390 e. The summed E-state index contributed by atoms with van der Waals surface area (Å²) >= 11 is 1.60. The Bertz CT molecular complexity index is 516. The molecule has 3 rings (SSSR count). The molecule has 0 unspecified atom stereocenters. The van der Waals surface area contributed by atoms with Crippen molar-refractivity contribution in [2.24, 2.45) is 0 Å². The second-order valence-electron chi connectivity index (χ2n) is 5.93. The van der Waals surface area contributed by atoms with Crippen LogP contribution in [0.4, 0.5) is 5.00 Å². The predicted octanol–water partition coefficient (Wildman–Crippen LogP) is 2.03. The van der Waals surface area contributed by atoms with Crippen LogP contribution in [-0.2, 0) is 16.6 Å². The van der Waals surface area contributed by atoms with Gasteiger partial charge in [0, 0.05) is 18.0 Å². The van der Waals surface area contributed by atoms with Crippen LogP contribution >= 0.6 is 11.3 Å². The van der Waals surface area contributed by atoms with Crippen LogP contribution in [-0.4, -0.2) is 37.1 Å². The summed E-state index contributed by atoms with van der Waals surface area (Å²) in [7, 11) is 0. The molecule has 1 aromatic rings. The number of carbonyl (C=O) groups excluding carboxylic acids is 1. The lowest BCUT2D eigenvalue weighted by molar-refractivity contribution is 0.0302. The van der Waals surface area contributed by atoms with E-state index in [1.807, 2.05) is 4.90 Å². The molecular formula is C14H20N2O2S. The quantitative estimate of drug-likeness (QED) is 0.856.